The number of hydrogen-bond acceptors (Lipinski definition) is 9. The predicted molar refractivity (Wildman–Crippen MR) is 148 cm³/mol. The molecule has 0 spiro atoms. The molecule has 1 saturated heterocycles. The SMILES string of the molecule is c1cc(-c2cnn(CCSc3nccs3)c2)n2nc(Nc3ccc(OCCN4CCCC4)cc3)nc2c1. The van der Waals surface area contributed by atoms with Crippen LogP contribution < -0.4 is 10.1 Å². The van der Waals surface area contributed by atoms with Crippen molar-refractivity contribution in [1.29, 1.82) is 0 Å². The van der Waals surface area contributed by atoms with Gasteiger partial charge in [0.15, 0.2) is 5.65 Å². The number of benzene rings is 1. The number of nitrogens with one attached hydrogen (secondary N) is 1. The molecule has 0 radical (unpaired) electrons. The molecular weight excluding hydrogens is 504 g/mol. The Labute approximate surface area is 223 Å². The zero-order valence-electron chi connectivity index (χ0n) is 20.4. The van der Waals surface area contributed by atoms with Crippen molar-refractivity contribution in [2.45, 2.75) is 23.7 Å². The fraction of sp³-hybridized carbons (Fsp3) is 0.308. The third-order valence-corrected chi connectivity index (χ3v) is 8.18. The standard InChI is InChI=1S/C26H28N8OS2/c1-2-12-32(11-1)13-15-35-22-8-6-21(7-9-22)29-25-30-24-5-3-4-23(34(24)31-25)20-18-28-33(19-20)14-17-37-26-27-10-16-36-26/h3-10,16,18-19H,1-2,11-15,17H2,(H,29,31). The van der Waals surface area contributed by atoms with E-state index < -0.39 is 0 Å². The van der Waals surface area contributed by atoms with E-state index in [0.29, 0.717) is 12.6 Å². The molecule has 0 saturated carbocycles. The van der Waals surface area contributed by atoms with E-state index in [1.807, 2.05) is 69.4 Å². The number of anilines is 2. The second-order valence-corrected chi connectivity index (χ2v) is 11.0. The van der Waals surface area contributed by atoms with E-state index in [0.717, 1.165) is 51.5 Å². The molecule has 190 valence electrons. The lowest BCUT2D eigenvalue weighted by molar-refractivity contribution is 0.238. The van der Waals surface area contributed by atoms with Crippen LogP contribution in [0, 0.1) is 0 Å². The molecule has 4 aromatic heterocycles. The monoisotopic (exact) mass is 532 g/mol. The van der Waals surface area contributed by atoms with Gasteiger partial charge in [0.1, 0.15) is 16.7 Å². The van der Waals surface area contributed by atoms with Crippen LogP contribution in [-0.4, -0.2) is 66.3 Å². The second-order valence-electron chi connectivity index (χ2n) is 8.80. The number of pyridine rings is 1. The van der Waals surface area contributed by atoms with Crippen LogP contribution in [0.2, 0.25) is 0 Å². The molecule has 0 aliphatic carbocycles. The van der Waals surface area contributed by atoms with E-state index in [4.69, 9.17) is 9.84 Å². The van der Waals surface area contributed by atoms with Gasteiger partial charge in [-0.05, 0) is 62.3 Å². The van der Waals surface area contributed by atoms with Crippen molar-refractivity contribution in [2.75, 3.05) is 37.3 Å². The van der Waals surface area contributed by atoms with Gasteiger partial charge in [-0.3, -0.25) is 9.58 Å². The number of likely N-dealkylation sites (tertiary alicyclic amines) is 1. The van der Waals surface area contributed by atoms with Crippen molar-refractivity contribution in [2.24, 2.45) is 0 Å². The van der Waals surface area contributed by atoms with Gasteiger partial charge in [0.2, 0.25) is 5.95 Å². The molecule has 1 aromatic carbocycles. The summed E-state index contributed by atoms with van der Waals surface area (Å²) >= 11 is 3.41. The van der Waals surface area contributed by atoms with Gasteiger partial charge in [-0.25, -0.2) is 9.50 Å². The van der Waals surface area contributed by atoms with E-state index in [1.54, 1.807) is 23.1 Å². The van der Waals surface area contributed by atoms with Crippen LogP contribution in [0.5, 0.6) is 5.75 Å². The lowest BCUT2D eigenvalue weighted by atomic mass is 10.2. The highest BCUT2D eigenvalue weighted by molar-refractivity contribution is 8.00. The van der Waals surface area contributed by atoms with Gasteiger partial charge in [0, 0.05) is 41.3 Å². The largest absolute Gasteiger partial charge is 0.492 e. The molecule has 5 aromatic rings. The lowest BCUT2D eigenvalue weighted by Crippen LogP contribution is -2.25. The van der Waals surface area contributed by atoms with E-state index >= 15 is 0 Å². The first-order valence-corrected chi connectivity index (χ1v) is 14.3. The summed E-state index contributed by atoms with van der Waals surface area (Å²) < 4.78 is 10.8. The Morgan fingerprint density at radius 3 is 2.78 bits per heavy atom. The summed E-state index contributed by atoms with van der Waals surface area (Å²) in [5, 5.41) is 14.6. The Morgan fingerprint density at radius 1 is 1.05 bits per heavy atom. The van der Waals surface area contributed by atoms with Crippen molar-refractivity contribution in [3.05, 3.63) is 66.4 Å². The summed E-state index contributed by atoms with van der Waals surface area (Å²) in [6.07, 6.45) is 8.36. The molecule has 1 N–H and O–H groups in total. The molecule has 11 heteroatoms. The van der Waals surface area contributed by atoms with Crippen LogP contribution in [0.25, 0.3) is 16.9 Å². The average molecular weight is 533 g/mol. The maximum Gasteiger partial charge on any atom is 0.247 e. The van der Waals surface area contributed by atoms with Crippen molar-refractivity contribution < 1.29 is 4.74 Å². The number of hydrogen-bond donors (Lipinski definition) is 1. The van der Waals surface area contributed by atoms with Crippen LogP contribution in [0.4, 0.5) is 11.6 Å². The highest BCUT2D eigenvalue weighted by Gasteiger charge is 2.12. The Bertz CT molecular complexity index is 1420. The number of aryl methyl sites for hydroxylation is 1. The van der Waals surface area contributed by atoms with Gasteiger partial charge in [0.25, 0.3) is 0 Å². The van der Waals surface area contributed by atoms with Crippen LogP contribution >= 0.6 is 23.1 Å². The predicted octanol–water partition coefficient (Wildman–Crippen LogP) is 5.06. The molecule has 6 rings (SSSR count). The normalized spacial score (nSPS) is 13.9. The second kappa shape index (κ2) is 11.3. The molecule has 0 unspecified atom stereocenters. The first kappa shape index (κ1) is 24.0. The Kier molecular flexibility index (Phi) is 7.33. The van der Waals surface area contributed by atoms with E-state index in [2.05, 4.69) is 31.5 Å². The van der Waals surface area contributed by atoms with Crippen LogP contribution in [0.1, 0.15) is 12.8 Å². The highest BCUT2D eigenvalue weighted by Crippen LogP contribution is 2.24. The zero-order valence-corrected chi connectivity index (χ0v) is 22.0. The zero-order chi connectivity index (χ0) is 24.9. The number of nitrogens with zero attached hydrogens (tertiary/aromatic N) is 7. The minimum absolute atomic E-state index is 0.544. The molecular formula is C26H28N8OS2. The number of rotatable bonds is 11. The number of thiazole rings is 1. The fourth-order valence-corrected chi connectivity index (χ4v) is 6.00. The third-order valence-electron chi connectivity index (χ3n) is 6.23. The highest BCUT2D eigenvalue weighted by atomic mass is 32.2. The Balaban J connectivity index is 1.08. The van der Waals surface area contributed by atoms with E-state index in [-0.39, 0.29) is 0 Å². The minimum Gasteiger partial charge on any atom is -0.492 e. The Hall–Kier alpha value is -3.41. The summed E-state index contributed by atoms with van der Waals surface area (Å²) in [6.45, 7) is 4.88. The first-order valence-electron chi connectivity index (χ1n) is 12.4. The van der Waals surface area contributed by atoms with Gasteiger partial charge in [-0.1, -0.05) is 17.8 Å². The van der Waals surface area contributed by atoms with Crippen molar-refractivity contribution in [1.82, 2.24) is 34.3 Å². The lowest BCUT2D eigenvalue weighted by Gasteiger charge is -2.15. The van der Waals surface area contributed by atoms with Gasteiger partial charge >= 0.3 is 0 Å². The summed E-state index contributed by atoms with van der Waals surface area (Å²) in [4.78, 5) is 11.4. The summed E-state index contributed by atoms with van der Waals surface area (Å²) in [5.41, 5.74) is 3.62. The van der Waals surface area contributed by atoms with E-state index in [9.17, 15) is 0 Å². The quantitative estimate of drug-likeness (QED) is 0.236. The Morgan fingerprint density at radius 2 is 1.95 bits per heavy atom. The van der Waals surface area contributed by atoms with Gasteiger partial charge < -0.3 is 10.1 Å². The number of fused-ring (bicyclic) bond motifs is 1. The van der Waals surface area contributed by atoms with Crippen molar-refractivity contribution in [3.63, 3.8) is 0 Å². The van der Waals surface area contributed by atoms with Crippen LogP contribution in [0.15, 0.2) is 70.8 Å². The summed E-state index contributed by atoms with van der Waals surface area (Å²) in [6, 6.07) is 13.9. The van der Waals surface area contributed by atoms with Crippen molar-refractivity contribution in [3.8, 4) is 17.0 Å². The molecule has 1 aliphatic rings. The molecule has 37 heavy (non-hydrogen) atoms. The molecule has 1 aliphatic heterocycles. The maximum absolute atomic E-state index is 5.91. The average Bonchev–Trinajstić information content (AvgIpc) is 3.72. The molecule has 5 heterocycles. The number of thioether (sulfide) groups is 1. The van der Waals surface area contributed by atoms with Crippen LogP contribution in [0.3, 0.4) is 0 Å². The molecule has 1 fully saturated rings. The maximum atomic E-state index is 5.91. The van der Waals surface area contributed by atoms with Gasteiger partial charge in [-0.2, -0.15) is 10.1 Å². The van der Waals surface area contributed by atoms with Crippen LogP contribution in [-0.2, 0) is 6.54 Å². The fourth-order valence-electron chi connectivity index (χ4n) is 4.37. The first-order chi connectivity index (χ1) is 18.3. The van der Waals surface area contributed by atoms with Crippen molar-refractivity contribution >= 4 is 40.4 Å². The molecule has 0 amide bonds. The third kappa shape index (κ3) is 5.95. The van der Waals surface area contributed by atoms with E-state index in [1.165, 1.54) is 25.9 Å². The summed E-state index contributed by atoms with van der Waals surface area (Å²) in [5.74, 6) is 2.33. The summed E-state index contributed by atoms with van der Waals surface area (Å²) in [7, 11) is 0. The number of aromatic nitrogens is 6. The minimum atomic E-state index is 0.544. The topological polar surface area (TPSA) is 85.4 Å². The molecule has 9 nitrogen and oxygen atoms in total. The van der Waals surface area contributed by atoms with Gasteiger partial charge in [0.05, 0.1) is 18.4 Å². The smallest absolute Gasteiger partial charge is 0.247 e. The molecule has 0 bridgehead atoms. The van der Waals surface area contributed by atoms with Gasteiger partial charge in [-0.15, -0.1) is 16.4 Å². The number of ether oxygens (including phenoxy) is 1. The molecule has 0 atom stereocenters.